The molecule has 10 heavy (non-hydrogen) atoms. The van der Waals surface area contributed by atoms with Crippen LogP contribution in [0.15, 0.2) is 30.3 Å². The molecule has 2 N–H and O–H groups in total. The molecular formula is C8H13NP+. The molecule has 1 nitrogen and oxygen atoms in total. The van der Waals surface area contributed by atoms with Crippen LogP contribution in [0, 0.1) is 0 Å². The van der Waals surface area contributed by atoms with E-state index in [0.29, 0.717) is 0 Å². The van der Waals surface area contributed by atoms with Gasteiger partial charge in [0, 0.05) is 0 Å². The average molecular weight is 154 g/mol. The third-order valence-corrected chi connectivity index (χ3v) is 3.05. The molecule has 0 atom stereocenters. The van der Waals surface area contributed by atoms with E-state index in [2.05, 4.69) is 25.5 Å². The van der Waals surface area contributed by atoms with E-state index in [1.165, 1.54) is 5.30 Å². The van der Waals surface area contributed by atoms with Crippen LogP contribution in [0.3, 0.4) is 0 Å². The zero-order valence-corrected chi connectivity index (χ0v) is 7.31. The van der Waals surface area contributed by atoms with Crippen LogP contribution in [-0.4, -0.2) is 13.3 Å². The van der Waals surface area contributed by atoms with E-state index in [1.807, 2.05) is 18.2 Å². The molecule has 0 fully saturated rings. The Labute approximate surface area is 62.6 Å². The minimum Gasteiger partial charge on any atom is -0.201 e. The zero-order valence-electron chi connectivity index (χ0n) is 6.41. The smallest absolute Gasteiger partial charge is 0.110 e. The summed E-state index contributed by atoms with van der Waals surface area (Å²) in [7, 11) is -1.27. The fraction of sp³-hybridized carbons (Fsp3) is 0.250. The van der Waals surface area contributed by atoms with Gasteiger partial charge in [0.15, 0.2) is 0 Å². The van der Waals surface area contributed by atoms with Gasteiger partial charge in [-0.2, -0.15) is 0 Å². The summed E-state index contributed by atoms with van der Waals surface area (Å²) in [6.45, 7) is 4.23. The molecule has 1 aromatic rings. The number of hydrogen-bond donors (Lipinski definition) is 1. The standard InChI is InChI=1S/C8H13NP/c1-10(2,9)8-6-4-3-5-7-8/h3-7H,9H2,1-2H3/q+1. The minimum absolute atomic E-state index is 1.27. The largest absolute Gasteiger partial charge is 0.201 e. The molecule has 0 heterocycles. The number of nitrogens with two attached hydrogens (primary N) is 1. The molecular weight excluding hydrogens is 141 g/mol. The highest BCUT2D eigenvalue weighted by molar-refractivity contribution is 7.79. The van der Waals surface area contributed by atoms with Crippen molar-refractivity contribution in [1.29, 1.82) is 0 Å². The molecule has 0 aliphatic carbocycles. The monoisotopic (exact) mass is 154 g/mol. The van der Waals surface area contributed by atoms with Crippen LogP contribution in [0.5, 0.6) is 0 Å². The summed E-state index contributed by atoms with van der Waals surface area (Å²) in [5.74, 6) is 0. The summed E-state index contributed by atoms with van der Waals surface area (Å²) in [6.07, 6.45) is 0. The molecule has 0 aliphatic rings. The Hall–Kier alpha value is -0.390. The summed E-state index contributed by atoms with van der Waals surface area (Å²) < 4.78 is 0. The third kappa shape index (κ3) is 1.80. The highest BCUT2D eigenvalue weighted by Crippen LogP contribution is 2.39. The van der Waals surface area contributed by atoms with E-state index in [9.17, 15) is 0 Å². The molecule has 0 saturated heterocycles. The van der Waals surface area contributed by atoms with Crippen molar-refractivity contribution in [2.45, 2.75) is 0 Å². The van der Waals surface area contributed by atoms with Crippen molar-refractivity contribution in [2.24, 2.45) is 5.50 Å². The Balaban J connectivity index is 2.97. The first kappa shape index (κ1) is 7.71. The molecule has 0 unspecified atom stereocenters. The lowest BCUT2D eigenvalue weighted by Crippen LogP contribution is -2.15. The first-order valence-corrected chi connectivity index (χ1v) is 6.04. The lowest BCUT2D eigenvalue weighted by molar-refractivity contribution is 1.72. The Kier molecular flexibility index (Phi) is 2.08. The normalized spacial score (nSPS) is 11.5. The van der Waals surface area contributed by atoms with Crippen molar-refractivity contribution in [1.82, 2.24) is 0 Å². The van der Waals surface area contributed by atoms with Gasteiger partial charge >= 0.3 is 0 Å². The molecule has 2 heteroatoms. The van der Waals surface area contributed by atoms with E-state index in [4.69, 9.17) is 5.50 Å². The average Bonchev–Trinajstić information content (AvgIpc) is 1.88. The van der Waals surface area contributed by atoms with Crippen molar-refractivity contribution in [3.8, 4) is 0 Å². The predicted octanol–water partition coefficient (Wildman–Crippen LogP) is 1.46. The number of hydrogen-bond acceptors (Lipinski definition) is 1. The third-order valence-electron chi connectivity index (χ3n) is 1.42. The second-order valence-corrected chi connectivity index (χ2v) is 6.47. The van der Waals surface area contributed by atoms with E-state index >= 15 is 0 Å². The Morgan fingerprint density at radius 2 is 1.60 bits per heavy atom. The maximum absolute atomic E-state index is 5.97. The molecule has 0 amide bonds. The van der Waals surface area contributed by atoms with Crippen LogP contribution in [0.25, 0.3) is 0 Å². The van der Waals surface area contributed by atoms with Gasteiger partial charge in [0.2, 0.25) is 0 Å². The maximum atomic E-state index is 5.97. The van der Waals surface area contributed by atoms with Gasteiger partial charge in [-0.3, -0.25) is 0 Å². The fourth-order valence-electron chi connectivity index (χ4n) is 0.812. The van der Waals surface area contributed by atoms with Crippen LogP contribution >= 0.6 is 7.41 Å². The molecule has 0 aliphatic heterocycles. The molecule has 0 aromatic heterocycles. The fourth-order valence-corrected chi connectivity index (χ4v) is 1.75. The second kappa shape index (κ2) is 2.69. The topological polar surface area (TPSA) is 26.0 Å². The highest BCUT2D eigenvalue weighted by atomic mass is 31.2. The lowest BCUT2D eigenvalue weighted by Gasteiger charge is -2.09. The first-order chi connectivity index (χ1) is 4.61. The van der Waals surface area contributed by atoms with Gasteiger partial charge in [0.05, 0.1) is 13.3 Å². The van der Waals surface area contributed by atoms with Crippen LogP contribution in [-0.2, 0) is 0 Å². The summed E-state index contributed by atoms with van der Waals surface area (Å²) in [6, 6.07) is 10.3. The van der Waals surface area contributed by atoms with Gasteiger partial charge in [-0.05, 0) is 12.1 Å². The molecule has 54 valence electrons. The maximum Gasteiger partial charge on any atom is 0.110 e. The van der Waals surface area contributed by atoms with Crippen LogP contribution in [0.4, 0.5) is 0 Å². The summed E-state index contributed by atoms with van der Waals surface area (Å²) >= 11 is 0. The Morgan fingerprint density at radius 3 is 1.90 bits per heavy atom. The van der Waals surface area contributed by atoms with E-state index in [1.54, 1.807) is 0 Å². The van der Waals surface area contributed by atoms with Crippen molar-refractivity contribution >= 4 is 12.7 Å². The molecule has 0 radical (unpaired) electrons. The highest BCUT2D eigenvalue weighted by Gasteiger charge is 2.20. The second-order valence-electron chi connectivity index (χ2n) is 2.88. The Bertz CT molecular complexity index is 200. The SMILES string of the molecule is C[P+](C)(N)c1ccccc1. The van der Waals surface area contributed by atoms with Crippen LogP contribution < -0.4 is 10.8 Å². The lowest BCUT2D eigenvalue weighted by atomic mass is 10.4. The van der Waals surface area contributed by atoms with Gasteiger partial charge < -0.3 is 0 Å². The first-order valence-electron chi connectivity index (χ1n) is 3.29. The number of rotatable bonds is 1. The quantitative estimate of drug-likeness (QED) is 0.609. The zero-order chi connectivity index (χ0) is 7.61. The Morgan fingerprint density at radius 1 is 1.10 bits per heavy atom. The molecule has 1 aromatic carbocycles. The van der Waals surface area contributed by atoms with Gasteiger partial charge in [0.1, 0.15) is 12.7 Å². The molecule has 0 spiro atoms. The van der Waals surface area contributed by atoms with Crippen molar-refractivity contribution in [2.75, 3.05) is 13.3 Å². The molecule has 0 saturated carbocycles. The van der Waals surface area contributed by atoms with Gasteiger partial charge in [-0.25, -0.2) is 5.50 Å². The van der Waals surface area contributed by atoms with Crippen molar-refractivity contribution in [3.63, 3.8) is 0 Å². The predicted molar refractivity (Wildman–Crippen MR) is 49.0 cm³/mol. The molecule has 1 rings (SSSR count). The van der Waals surface area contributed by atoms with Crippen LogP contribution in [0.2, 0.25) is 0 Å². The van der Waals surface area contributed by atoms with Crippen molar-refractivity contribution in [3.05, 3.63) is 30.3 Å². The van der Waals surface area contributed by atoms with Gasteiger partial charge in [-0.1, -0.05) is 18.2 Å². The number of benzene rings is 1. The van der Waals surface area contributed by atoms with E-state index in [0.717, 1.165) is 0 Å². The summed E-state index contributed by atoms with van der Waals surface area (Å²) in [4.78, 5) is 0. The van der Waals surface area contributed by atoms with E-state index in [-0.39, 0.29) is 0 Å². The van der Waals surface area contributed by atoms with Crippen LogP contribution in [0.1, 0.15) is 0 Å². The van der Waals surface area contributed by atoms with E-state index < -0.39 is 7.41 Å². The summed E-state index contributed by atoms with van der Waals surface area (Å²) in [5, 5.41) is 1.29. The van der Waals surface area contributed by atoms with Crippen molar-refractivity contribution < 1.29 is 0 Å². The summed E-state index contributed by atoms with van der Waals surface area (Å²) in [5.41, 5.74) is 5.97. The minimum atomic E-state index is -1.27. The van der Waals surface area contributed by atoms with Gasteiger partial charge in [-0.15, -0.1) is 0 Å². The molecule has 0 bridgehead atoms. The van der Waals surface area contributed by atoms with Gasteiger partial charge in [0.25, 0.3) is 0 Å².